The quantitative estimate of drug-likeness (QED) is 0.482. The van der Waals surface area contributed by atoms with E-state index >= 15 is 0 Å². The van der Waals surface area contributed by atoms with Gasteiger partial charge in [-0.3, -0.25) is 4.48 Å². The van der Waals surface area contributed by atoms with Gasteiger partial charge in [-0.05, 0) is 6.42 Å². The SMILES string of the molecule is CCCCCCOc1nsnc1C1=CCC[N+](C)(COS(N)(=O)=O)C1. The van der Waals surface area contributed by atoms with Gasteiger partial charge in [0, 0.05) is 12.0 Å². The average Bonchev–Trinajstić information content (AvgIpc) is 3.01. The number of ether oxygens (including phenoxy) is 1. The summed E-state index contributed by atoms with van der Waals surface area (Å²) < 4.78 is 41.8. The summed E-state index contributed by atoms with van der Waals surface area (Å²) in [6.07, 6.45) is 7.45. The molecule has 1 aromatic heterocycles. The normalized spacial score (nSPS) is 21.2. The van der Waals surface area contributed by atoms with Gasteiger partial charge in [0.25, 0.3) is 5.88 Å². The zero-order valence-corrected chi connectivity index (χ0v) is 16.4. The largest absolute Gasteiger partial charge is 0.475 e. The molecule has 2 rings (SSSR count). The second kappa shape index (κ2) is 9.04. The standard InChI is InChI=1S/C15H27N4O4S2/c1-3-4-5-6-10-22-15-14(17-24-18-15)13-8-7-9-19(2,11-13)12-23-25(16,20)21/h8H,3-7,9-12H2,1-2H3,(H2,16,20,21)/q+1. The number of hydrogen-bond acceptors (Lipinski definition) is 7. The molecule has 2 N–H and O–H groups in total. The number of nitrogens with two attached hydrogens (primary N) is 1. The van der Waals surface area contributed by atoms with Gasteiger partial charge >= 0.3 is 10.3 Å². The summed E-state index contributed by atoms with van der Waals surface area (Å²) in [5, 5.41) is 4.94. The van der Waals surface area contributed by atoms with Crippen LogP contribution in [0.2, 0.25) is 0 Å². The van der Waals surface area contributed by atoms with Crippen molar-refractivity contribution < 1.29 is 21.8 Å². The number of hydrogen-bond donors (Lipinski definition) is 1. The van der Waals surface area contributed by atoms with Crippen LogP contribution in [0.1, 0.15) is 44.7 Å². The summed E-state index contributed by atoms with van der Waals surface area (Å²) in [7, 11) is -2.01. The summed E-state index contributed by atoms with van der Waals surface area (Å²) >= 11 is 1.13. The first-order valence-corrected chi connectivity index (χ1v) is 10.7. The lowest BCUT2D eigenvalue weighted by Crippen LogP contribution is -2.50. The van der Waals surface area contributed by atoms with Gasteiger partial charge in [0.15, 0.2) is 0 Å². The minimum atomic E-state index is -3.95. The van der Waals surface area contributed by atoms with Gasteiger partial charge in [-0.15, -0.1) is 4.37 Å². The molecule has 1 aliphatic rings. The maximum atomic E-state index is 11.1. The van der Waals surface area contributed by atoms with Crippen molar-refractivity contribution in [2.45, 2.75) is 39.0 Å². The molecule has 0 fully saturated rings. The van der Waals surface area contributed by atoms with E-state index in [2.05, 4.69) is 21.7 Å². The molecule has 0 aromatic carbocycles. The number of quaternary nitrogens is 1. The van der Waals surface area contributed by atoms with Crippen LogP contribution in [0.15, 0.2) is 6.08 Å². The topological polar surface area (TPSA) is 104 Å². The minimum Gasteiger partial charge on any atom is -0.475 e. The van der Waals surface area contributed by atoms with E-state index < -0.39 is 10.3 Å². The van der Waals surface area contributed by atoms with Gasteiger partial charge in [-0.25, -0.2) is 9.32 Å². The Balaban J connectivity index is 1.97. The highest BCUT2D eigenvalue weighted by molar-refractivity contribution is 7.84. The lowest BCUT2D eigenvalue weighted by atomic mass is 10.1. The maximum Gasteiger partial charge on any atom is 0.337 e. The minimum absolute atomic E-state index is 0.000940. The second-order valence-electron chi connectivity index (χ2n) is 6.59. The number of rotatable bonds is 10. The Morgan fingerprint density at radius 1 is 1.32 bits per heavy atom. The molecule has 142 valence electrons. The average molecular weight is 392 g/mol. The highest BCUT2D eigenvalue weighted by Gasteiger charge is 2.31. The van der Waals surface area contributed by atoms with Crippen molar-refractivity contribution in [2.24, 2.45) is 5.14 Å². The third-order valence-electron chi connectivity index (χ3n) is 4.14. The van der Waals surface area contributed by atoms with Crippen LogP contribution < -0.4 is 9.88 Å². The fourth-order valence-corrected chi connectivity index (χ4v) is 3.69. The molecule has 25 heavy (non-hydrogen) atoms. The Hall–Kier alpha value is -1.07. The molecule has 0 aliphatic carbocycles. The molecule has 0 spiro atoms. The van der Waals surface area contributed by atoms with Crippen molar-refractivity contribution in [3.8, 4) is 5.88 Å². The van der Waals surface area contributed by atoms with E-state index in [1.54, 1.807) is 0 Å². The fourth-order valence-electron chi connectivity index (χ4n) is 2.76. The molecule has 1 aliphatic heterocycles. The van der Waals surface area contributed by atoms with Gasteiger partial charge in [-0.2, -0.15) is 12.8 Å². The van der Waals surface area contributed by atoms with E-state index in [9.17, 15) is 8.42 Å². The summed E-state index contributed by atoms with van der Waals surface area (Å²) in [6.45, 7) is 4.16. The van der Waals surface area contributed by atoms with Crippen molar-refractivity contribution in [2.75, 3.05) is 33.5 Å². The fraction of sp³-hybridized carbons (Fsp3) is 0.733. The first-order valence-electron chi connectivity index (χ1n) is 8.48. The number of aromatic nitrogens is 2. The predicted octanol–water partition coefficient (Wildman–Crippen LogP) is 1.91. The number of likely N-dealkylation sites (N-methyl/N-ethyl adjacent to an activating group) is 1. The molecule has 0 saturated heterocycles. The molecule has 0 radical (unpaired) electrons. The Kier molecular flexibility index (Phi) is 7.32. The van der Waals surface area contributed by atoms with Crippen LogP contribution in [-0.2, 0) is 14.5 Å². The lowest BCUT2D eigenvalue weighted by molar-refractivity contribution is -0.918. The van der Waals surface area contributed by atoms with Crippen LogP contribution in [0.5, 0.6) is 5.88 Å². The van der Waals surface area contributed by atoms with Gasteiger partial charge in [0.1, 0.15) is 12.2 Å². The van der Waals surface area contributed by atoms with E-state index in [0.29, 0.717) is 23.5 Å². The molecular formula is C15H27N4O4S2+. The zero-order chi connectivity index (χ0) is 18.3. The van der Waals surface area contributed by atoms with Crippen molar-refractivity contribution in [3.63, 3.8) is 0 Å². The van der Waals surface area contributed by atoms with Crippen LogP contribution in [0.25, 0.3) is 5.57 Å². The van der Waals surface area contributed by atoms with Crippen LogP contribution in [-0.4, -0.2) is 55.1 Å². The lowest BCUT2D eigenvalue weighted by Gasteiger charge is -2.36. The highest BCUT2D eigenvalue weighted by Crippen LogP contribution is 2.30. The molecule has 0 amide bonds. The molecule has 1 aromatic rings. The van der Waals surface area contributed by atoms with Gasteiger partial charge < -0.3 is 4.74 Å². The molecule has 0 bridgehead atoms. The number of unbranched alkanes of at least 4 members (excludes halogenated alkanes) is 3. The van der Waals surface area contributed by atoms with Crippen LogP contribution in [0.3, 0.4) is 0 Å². The second-order valence-corrected chi connectivity index (χ2v) is 8.34. The molecular weight excluding hydrogens is 364 g/mol. The zero-order valence-electron chi connectivity index (χ0n) is 14.8. The highest BCUT2D eigenvalue weighted by atomic mass is 32.2. The summed E-state index contributed by atoms with van der Waals surface area (Å²) in [4.78, 5) is 0. The van der Waals surface area contributed by atoms with E-state index in [1.165, 1.54) is 12.8 Å². The third-order valence-corrected chi connectivity index (χ3v) is 5.09. The Labute approximate surface area is 153 Å². The molecule has 2 heterocycles. The summed E-state index contributed by atoms with van der Waals surface area (Å²) in [5.41, 5.74) is 1.75. The van der Waals surface area contributed by atoms with E-state index in [4.69, 9.17) is 14.1 Å². The molecule has 8 nitrogen and oxygen atoms in total. The first kappa shape index (κ1) is 20.2. The smallest absolute Gasteiger partial charge is 0.337 e. The first-order chi connectivity index (χ1) is 11.8. The Morgan fingerprint density at radius 3 is 2.84 bits per heavy atom. The maximum absolute atomic E-state index is 11.1. The molecule has 1 atom stereocenters. The van der Waals surface area contributed by atoms with Crippen molar-refractivity contribution in [1.29, 1.82) is 0 Å². The van der Waals surface area contributed by atoms with Crippen molar-refractivity contribution >= 4 is 27.6 Å². The van der Waals surface area contributed by atoms with E-state index in [1.807, 2.05) is 7.05 Å². The molecule has 1 unspecified atom stereocenters. The van der Waals surface area contributed by atoms with E-state index in [-0.39, 0.29) is 6.73 Å². The summed E-state index contributed by atoms with van der Waals surface area (Å²) in [6, 6.07) is 0. The summed E-state index contributed by atoms with van der Waals surface area (Å²) in [5.74, 6) is 0.563. The van der Waals surface area contributed by atoms with Crippen LogP contribution in [0, 0.1) is 0 Å². The monoisotopic (exact) mass is 391 g/mol. The molecule has 10 heteroatoms. The predicted molar refractivity (Wildman–Crippen MR) is 97.1 cm³/mol. The Bertz CT molecular complexity index is 689. The van der Waals surface area contributed by atoms with Crippen LogP contribution >= 0.6 is 11.7 Å². The van der Waals surface area contributed by atoms with Crippen molar-refractivity contribution in [3.05, 3.63) is 11.8 Å². The van der Waals surface area contributed by atoms with Gasteiger partial charge in [0.2, 0.25) is 6.73 Å². The van der Waals surface area contributed by atoms with Gasteiger partial charge in [-0.1, -0.05) is 32.3 Å². The third kappa shape index (κ3) is 6.63. The van der Waals surface area contributed by atoms with Crippen molar-refractivity contribution in [1.82, 2.24) is 8.75 Å². The van der Waals surface area contributed by atoms with Gasteiger partial charge in [0.05, 0.1) is 31.9 Å². The Morgan fingerprint density at radius 2 is 2.12 bits per heavy atom. The number of nitrogens with zero attached hydrogens (tertiary/aromatic N) is 3. The van der Waals surface area contributed by atoms with E-state index in [0.717, 1.165) is 48.8 Å². The molecule has 0 saturated carbocycles. The van der Waals surface area contributed by atoms with Crippen LogP contribution in [0.4, 0.5) is 0 Å².